The summed E-state index contributed by atoms with van der Waals surface area (Å²) < 4.78 is 68.4. The molecule has 0 bridgehead atoms. The molecule has 0 fully saturated rings. The van der Waals surface area contributed by atoms with Crippen molar-refractivity contribution in [3.05, 3.63) is 0 Å². The van der Waals surface area contributed by atoms with Gasteiger partial charge in [0.05, 0.1) is 26.4 Å². The van der Waals surface area contributed by atoms with Crippen LogP contribution in [0.5, 0.6) is 0 Å². The van der Waals surface area contributed by atoms with Crippen molar-refractivity contribution in [2.45, 2.75) is 439 Å². The average Bonchev–Trinajstić information content (AvgIpc) is 2.89. The summed E-state index contributed by atoms with van der Waals surface area (Å²) in [5, 5.41) is 10.6. The summed E-state index contributed by atoms with van der Waals surface area (Å²) in [6, 6.07) is 0. The van der Waals surface area contributed by atoms with Gasteiger partial charge in [0.2, 0.25) is 0 Å². The molecule has 0 radical (unpaired) electrons. The standard InChI is InChI=1S/C80H156O17P2/c1-7-11-13-15-17-45-52-58-64-79(84)96-75(68-90-77(82)62-56-50-42-16-14-12-8-2)70-94-98(86,87)92-66-74(81)67-93-99(88,89)95-71-76(97-80(85)65-59-53-47-41-37-33-29-25-21-19-23-27-31-35-39-44-49-55-61-73(6)10-4)69-91-78(83)63-57-51-46-40-36-32-28-24-20-18-22-26-30-34-38-43-48-54-60-72(5)9-3/h72-76,81H,7-71H2,1-6H3,(H,86,87)(H,88,89)/t72?,73?,74-,75+,76+/m0/s1. The zero-order chi connectivity index (χ0) is 72.8. The lowest BCUT2D eigenvalue weighted by atomic mass is 9.99. The fourth-order valence-corrected chi connectivity index (χ4v) is 13.9. The zero-order valence-corrected chi connectivity index (χ0v) is 66.6. The van der Waals surface area contributed by atoms with E-state index in [1.54, 1.807) is 0 Å². The maximum Gasteiger partial charge on any atom is 0.472 e. The van der Waals surface area contributed by atoms with E-state index < -0.39 is 97.5 Å². The first kappa shape index (κ1) is 97.1. The SMILES string of the molecule is CCCCCCCCCCC(=O)O[C@H](COC(=O)CCCCCCCCC)COP(=O)(O)OC[C@H](O)COP(=O)(O)OC[C@@H](COC(=O)CCCCCCCCCCCCCCCCCCCCC(C)CC)OC(=O)CCCCCCCCCCCCCCCCCCCCC(C)CC. The van der Waals surface area contributed by atoms with Crippen LogP contribution < -0.4 is 0 Å². The molecule has 99 heavy (non-hydrogen) atoms. The first-order chi connectivity index (χ1) is 47.9. The molecule has 588 valence electrons. The molecule has 4 unspecified atom stereocenters. The number of phosphoric acid groups is 2. The van der Waals surface area contributed by atoms with Crippen LogP contribution in [0.15, 0.2) is 0 Å². The molecule has 0 aromatic carbocycles. The van der Waals surface area contributed by atoms with Crippen LogP contribution in [0.3, 0.4) is 0 Å². The van der Waals surface area contributed by atoms with E-state index in [2.05, 4.69) is 41.5 Å². The highest BCUT2D eigenvalue weighted by atomic mass is 31.2. The third-order valence-electron chi connectivity index (χ3n) is 19.4. The van der Waals surface area contributed by atoms with Crippen LogP contribution in [0.25, 0.3) is 0 Å². The highest BCUT2D eigenvalue weighted by Crippen LogP contribution is 2.45. The van der Waals surface area contributed by atoms with Gasteiger partial charge in [-0.2, -0.15) is 0 Å². The van der Waals surface area contributed by atoms with E-state index in [1.807, 2.05) is 0 Å². The summed E-state index contributed by atoms with van der Waals surface area (Å²) in [7, 11) is -9.90. The van der Waals surface area contributed by atoms with Gasteiger partial charge in [-0.1, -0.05) is 369 Å². The molecule has 0 aliphatic carbocycles. The third kappa shape index (κ3) is 71.5. The first-order valence-corrected chi connectivity index (χ1v) is 44.6. The molecule has 0 aromatic heterocycles. The number of phosphoric ester groups is 2. The number of rotatable bonds is 79. The number of aliphatic hydroxyl groups is 1. The lowest BCUT2D eigenvalue weighted by molar-refractivity contribution is -0.161. The van der Waals surface area contributed by atoms with Crippen molar-refractivity contribution in [3.8, 4) is 0 Å². The van der Waals surface area contributed by atoms with Crippen molar-refractivity contribution in [1.29, 1.82) is 0 Å². The molecule has 0 amide bonds. The Labute approximate surface area is 607 Å². The summed E-state index contributed by atoms with van der Waals surface area (Å²) in [5.74, 6) is -0.375. The van der Waals surface area contributed by atoms with E-state index in [9.17, 15) is 43.2 Å². The van der Waals surface area contributed by atoms with Gasteiger partial charge in [-0.3, -0.25) is 37.3 Å². The van der Waals surface area contributed by atoms with E-state index >= 15 is 0 Å². The Bertz CT molecular complexity index is 1910. The summed E-state index contributed by atoms with van der Waals surface area (Å²) in [6.07, 6.45) is 61.5. The quantitative estimate of drug-likeness (QED) is 0.0222. The second kappa shape index (κ2) is 71.7. The molecule has 0 aliphatic rings. The van der Waals surface area contributed by atoms with Gasteiger partial charge in [-0.15, -0.1) is 0 Å². The molecule has 0 aromatic rings. The molecule has 7 atom stereocenters. The number of hydrogen-bond acceptors (Lipinski definition) is 15. The molecule has 17 nitrogen and oxygen atoms in total. The Morgan fingerprint density at radius 1 is 0.283 bits per heavy atom. The molecule has 3 N–H and O–H groups in total. The van der Waals surface area contributed by atoms with Crippen molar-refractivity contribution in [3.63, 3.8) is 0 Å². The monoisotopic (exact) mass is 1450 g/mol. The summed E-state index contributed by atoms with van der Waals surface area (Å²) in [4.78, 5) is 72.6. The summed E-state index contributed by atoms with van der Waals surface area (Å²) in [5.41, 5.74) is 0. The normalized spacial score (nSPS) is 14.5. The summed E-state index contributed by atoms with van der Waals surface area (Å²) in [6.45, 7) is 9.68. The minimum absolute atomic E-state index is 0.105. The number of aliphatic hydroxyl groups excluding tert-OH is 1. The molecule has 0 aliphatic heterocycles. The zero-order valence-electron chi connectivity index (χ0n) is 64.8. The molecule has 0 spiro atoms. The second-order valence-corrected chi connectivity index (χ2v) is 32.2. The van der Waals surface area contributed by atoms with Gasteiger partial charge in [0.15, 0.2) is 12.2 Å². The highest BCUT2D eigenvalue weighted by Gasteiger charge is 2.30. The maximum atomic E-state index is 13.1. The first-order valence-electron chi connectivity index (χ1n) is 41.6. The van der Waals surface area contributed by atoms with Crippen molar-refractivity contribution in [2.24, 2.45) is 11.8 Å². The van der Waals surface area contributed by atoms with E-state index in [4.69, 9.17) is 37.0 Å². The van der Waals surface area contributed by atoms with E-state index in [0.717, 1.165) is 121 Å². The fraction of sp³-hybridized carbons (Fsp3) is 0.950. The lowest BCUT2D eigenvalue weighted by Crippen LogP contribution is -2.30. The van der Waals surface area contributed by atoms with Crippen LogP contribution in [-0.2, 0) is 65.4 Å². The minimum Gasteiger partial charge on any atom is -0.462 e. The van der Waals surface area contributed by atoms with Crippen LogP contribution in [0.2, 0.25) is 0 Å². The third-order valence-corrected chi connectivity index (χ3v) is 21.3. The molecule has 0 heterocycles. The lowest BCUT2D eigenvalue weighted by Gasteiger charge is -2.21. The predicted octanol–water partition coefficient (Wildman–Crippen LogP) is 23.9. The molecule has 19 heteroatoms. The number of carbonyl (C=O) groups excluding carboxylic acids is 4. The number of esters is 4. The van der Waals surface area contributed by atoms with Crippen LogP contribution in [0.1, 0.15) is 420 Å². The Hall–Kier alpha value is -1.94. The van der Waals surface area contributed by atoms with Gasteiger partial charge in [0, 0.05) is 25.7 Å². The Balaban J connectivity index is 5.09. The molecular formula is C80H156O17P2. The average molecular weight is 1450 g/mol. The Morgan fingerprint density at radius 2 is 0.485 bits per heavy atom. The molecule has 0 saturated heterocycles. The predicted molar refractivity (Wildman–Crippen MR) is 405 cm³/mol. The van der Waals surface area contributed by atoms with Gasteiger partial charge < -0.3 is 33.8 Å². The van der Waals surface area contributed by atoms with Crippen LogP contribution in [0.4, 0.5) is 0 Å². The van der Waals surface area contributed by atoms with Gasteiger partial charge in [-0.25, -0.2) is 9.13 Å². The van der Waals surface area contributed by atoms with Crippen LogP contribution >= 0.6 is 15.6 Å². The van der Waals surface area contributed by atoms with Gasteiger partial charge >= 0.3 is 39.5 Å². The topological polar surface area (TPSA) is 237 Å². The number of ether oxygens (including phenoxy) is 4. The largest absolute Gasteiger partial charge is 0.472 e. The molecular weight excluding hydrogens is 1290 g/mol. The number of carbonyl (C=O) groups is 4. The van der Waals surface area contributed by atoms with Crippen molar-refractivity contribution < 1.29 is 80.2 Å². The minimum atomic E-state index is -4.96. The van der Waals surface area contributed by atoms with Gasteiger partial charge in [-0.05, 0) is 37.5 Å². The molecule has 0 saturated carbocycles. The van der Waals surface area contributed by atoms with Crippen molar-refractivity contribution in [2.75, 3.05) is 39.6 Å². The highest BCUT2D eigenvalue weighted by molar-refractivity contribution is 7.47. The van der Waals surface area contributed by atoms with Gasteiger partial charge in [0.25, 0.3) is 0 Å². The van der Waals surface area contributed by atoms with Crippen molar-refractivity contribution in [1.82, 2.24) is 0 Å². The van der Waals surface area contributed by atoms with E-state index in [1.165, 1.54) is 218 Å². The second-order valence-electron chi connectivity index (χ2n) is 29.3. The van der Waals surface area contributed by atoms with E-state index in [-0.39, 0.29) is 25.7 Å². The molecule has 0 rings (SSSR count). The van der Waals surface area contributed by atoms with E-state index in [0.29, 0.717) is 25.7 Å². The van der Waals surface area contributed by atoms with Crippen LogP contribution in [-0.4, -0.2) is 96.7 Å². The van der Waals surface area contributed by atoms with Crippen LogP contribution in [0, 0.1) is 11.8 Å². The number of hydrogen-bond donors (Lipinski definition) is 3. The summed E-state index contributed by atoms with van der Waals surface area (Å²) >= 11 is 0. The maximum absolute atomic E-state index is 13.1. The smallest absolute Gasteiger partial charge is 0.462 e. The fourth-order valence-electron chi connectivity index (χ4n) is 12.3. The number of unbranched alkanes of at least 4 members (excludes halogenated alkanes) is 47. The van der Waals surface area contributed by atoms with Gasteiger partial charge in [0.1, 0.15) is 19.3 Å². The Morgan fingerprint density at radius 3 is 0.717 bits per heavy atom. The Kier molecular flexibility index (Phi) is 70.3. The van der Waals surface area contributed by atoms with Crippen molar-refractivity contribution >= 4 is 39.5 Å².